The van der Waals surface area contributed by atoms with Gasteiger partial charge in [0.1, 0.15) is 11.9 Å². The number of para-hydroxylation sites is 1. The second-order valence-electron chi connectivity index (χ2n) is 10.2. The van der Waals surface area contributed by atoms with Gasteiger partial charge in [-0.25, -0.2) is 9.78 Å². The Morgan fingerprint density at radius 1 is 1.08 bits per heavy atom. The van der Waals surface area contributed by atoms with Gasteiger partial charge in [-0.15, -0.1) is 0 Å². The zero-order valence-electron chi connectivity index (χ0n) is 21.9. The molecule has 8 nitrogen and oxygen atoms in total. The zero-order chi connectivity index (χ0) is 25.6. The van der Waals surface area contributed by atoms with E-state index < -0.39 is 0 Å². The Morgan fingerprint density at radius 2 is 1.95 bits per heavy atom. The van der Waals surface area contributed by atoms with Crippen LogP contribution in [0.25, 0.3) is 5.69 Å². The predicted octanol–water partition coefficient (Wildman–Crippen LogP) is 4.44. The summed E-state index contributed by atoms with van der Waals surface area (Å²) in [7, 11) is 2.03. The first-order valence-electron chi connectivity index (χ1n) is 13.4. The molecule has 2 unspecified atom stereocenters. The molecule has 2 atom stereocenters. The zero-order valence-corrected chi connectivity index (χ0v) is 21.9. The molecule has 196 valence electrons. The molecule has 2 aliphatic heterocycles. The van der Waals surface area contributed by atoms with E-state index >= 15 is 0 Å². The molecule has 0 bridgehead atoms. The molecule has 2 N–H and O–H groups in total. The van der Waals surface area contributed by atoms with Gasteiger partial charge < -0.3 is 24.8 Å². The van der Waals surface area contributed by atoms with Crippen LogP contribution in [0, 0.1) is 6.92 Å². The lowest BCUT2D eigenvalue weighted by Crippen LogP contribution is -2.36. The van der Waals surface area contributed by atoms with Crippen LogP contribution in [0.2, 0.25) is 0 Å². The van der Waals surface area contributed by atoms with Crippen molar-refractivity contribution in [1.29, 1.82) is 0 Å². The summed E-state index contributed by atoms with van der Waals surface area (Å²) in [5.74, 6) is 0.892. The first kappa shape index (κ1) is 25.3. The molecule has 1 aromatic heterocycles. The molecule has 0 aliphatic carbocycles. The molecule has 37 heavy (non-hydrogen) atoms. The molecular weight excluding hydrogens is 464 g/mol. The average molecular weight is 503 g/mol. The minimum absolute atomic E-state index is 0.0540. The van der Waals surface area contributed by atoms with Crippen molar-refractivity contribution in [2.24, 2.45) is 0 Å². The topological polar surface area (TPSA) is 74.7 Å². The van der Waals surface area contributed by atoms with Gasteiger partial charge >= 0.3 is 6.03 Å². The van der Waals surface area contributed by atoms with Crippen LogP contribution in [-0.2, 0) is 6.54 Å². The van der Waals surface area contributed by atoms with E-state index in [0.29, 0.717) is 12.6 Å². The number of rotatable bonds is 7. The fourth-order valence-corrected chi connectivity index (χ4v) is 5.30. The van der Waals surface area contributed by atoms with Gasteiger partial charge in [-0.3, -0.25) is 4.90 Å². The van der Waals surface area contributed by atoms with Crippen LogP contribution in [0.1, 0.15) is 36.9 Å². The number of hydrogen-bond acceptors (Lipinski definition) is 5. The molecule has 2 saturated heterocycles. The fraction of sp³-hybridized carbons (Fsp3) is 0.448. The molecule has 5 rings (SSSR count). The van der Waals surface area contributed by atoms with Crippen LogP contribution in [0.15, 0.2) is 61.1 Å². The lowest BCUT2D eigenvalue weighted by Gasteiger charge is -2.22. The second-order valence-corrected chi connectivity index (χ2v) is 10.2. The number of likely N-dealkylation sites (tertiary alicyclic amines) is 2. The lowest BCUT2D eigenvalue weighted by molar-refractivity contribution is 0.180. The van der Waals surface area contributed by atoms with Crippen LogP contribution in [-0.4, -0.2) is 70.8 Å². The Bertz CT molecular complexity index is 1180. The number of nitrogens with zero attached hydrogens (tertiary/aromatic N) is 4. The van der Waals surface area contributed by atoms with E-state index in [1.807, 2.05) is 72.4 Å². The standard InChI is InChI=1S/C29H38N6O2/c1-22-18-35(21-31-22)26-16-23(19-33-13-10-24(20-33)30-2)15-25(17-26)32-29(36)34-12-6-9-28(11-14-34)37-27-7-4-3-5-8-27/h3-5,7-8,15-18,21,24,28,30H,6,9-14,19-20H2,1-2H3,(H,32,36). The van der Waals surface area contributed by atoms with Crippen molar-refractivity contribution in [3.8, 4) is 11.4 Å². The van der Waals surface area contributed by atoms with E-state index in [9.17, 15) is 4.79 Å². The van der Waals surface area contributed by atoms with Crippen LogP contribution < -0.4 is 15.4 Å². The Hall–Kier alpha value is -3.36. The summed E-state index contributed by atoms with van der Waals surface area (Å²) < 4.78 is 8.19. The molecule has 2 amide bonds. The number of amides is 2. The Balaban J connectivity index is 1.27. The summed E-state index contributed by atoms with van der Waals surface area (Å²) in [6, 6.07) is 16.8. The highest BCUT2D eigenvalue weighted by Crippen LogP contribution is 2.24. The number of aryl methyl sites for hydroxylation is 1. The van der Waals surface area contributed by atoms with Crippen LogP contribution in [0.5, 0.6) is 5.75 Å². The van der Waals surface area contributed by atoms with Crippen LogP contribution >= 0.6 is 0 Å². The number of carbonyl (C=O) groups is 1. The normalized spacial score (nSPS) is 20.5. The van der Waals surface area contributed by atoms with E-state index in [4.69, 9.17) is 4.74 Å². The quantitative estimate of drug-likeness (QED) is 0.500. The van der Waals surface area contributed by atoms with Gasteiger partial charge in [0.2, 0.25) is 0 Å². The SMILES string of the molecule is CNC1CCN(Cc2cc(NC(=O)N3CCCC(Oc4ccccc4)CC3)cc(-n3cnc(C)c3)c2)C1. The number of ether oxygens (including phenoxy) is 1. The molecule has 8 heteroatoms. The second kappa shape index (κ2) is 11.8. The molecule has 2 aromatic carbocycles. The van der Waals surface area contributed by atoms with Crippen molar-refractivity contribution in [3.05, 3.63) is 72.3 Å². The van der Waals surface area contributed by atoms with Gasteiger partial charge in [0.05, 0.1) is 12.0 Å². The predicted molar refractivity (Wildman–Crippen MR) is 146 cm³/mol. The van der Waals surface area contributed by atoms with E-state index in [0.717, 1.165) is 74.7 Å². The summed E-state index contributed by atoms with van der Waals surface area (Å²) in [6.45, 7) is 6.35. The molecule has 2 aliphatic rings. The molecule has 3 aromatic rings. The first-order chi connectivity index (χ1) is 18.1. The van der Waals surface area contributed by atoms with E-state index in [-0.39, 0.29) is 12.1 Å². The molecule has 0 spiro atoms. The summed E-state index contributed by atoms with van der Waals surface area (Å²) in [4.78, 5) is 22.1. The van der Waals surface area contributed by atoms with Crippen LogP contribution in [0.3, 0.4) is 0 Å². The summed E-state index contributed by atoms with van der Waals surface area (Å²) in [6.07, 6.45) is 7.82. The number of carbonyl (C=O) groups excluding carboxylic acids is 1. The molecule has 0 radical (unpaired) electrons. The van der Waals surface area contributed by atoms with Gasteiger partial charge in [0, 0.05) is 62.8 Å². The van der Waals surface area contributed by atoms with E-state index in [2.05, 4.69) is 32.7 Å². The number of anilines is 1. The number of urea groups is 1. The molecule has 2 fully saturated rings. The number of nitrogens with one attached hydrogen (secondary N) is 2. The van der Waals surface area contributed by atoms with Gasteiger partial charge in [-0.05, 0) is 69.1 Å². The summed E-state index contributed by atoms with van der Waals surface area (Å²) in [5.41, 5.74) is 3.96. The molecule has 0 saturated carbocycles. The fourth-order valence-electron chi connectivity index (χ4n) is 5.30. The number of likely N-dealkylation sites (N-methyl/N-ethyl adjacent to an activating group) is 1. The van der Waals surface area contributed by atoms with Crippen molar-refractivity contribution >= 4 is 11.7 Å². The maximum Gasteiger partial charge on any atom is 0.321 e. The van der Waals surface area contributed by atoms with Gasteiger partial charge in [0.25, 0.3) is 0 Å². The highest BCUT2D eigenvalue weighted by Gasteiger charge is 2.23. The highest BCUT2D eigenvalue weighted by atomic mass is 16.5. The first-order valence-corrected chi connectivity index (χ1v) is 13.4. The third-order valence-electron chi connectivity index (χ3n) is 7.33. The third kappa shape index (κ3) is 6.70. The van der Waals surface area contributed by atoms with Crippen LogP contribution in [0.4, 0.5) is 10.5 Å². The number of hydrogen-bond donors (Lipinski definition) is 2. The molecular formula is C29H38N6O2. The van der Waals surface area contributed by atoms with Crippen molar-refractivity contribution in [2.75, 3.05) is 38.5 Å². The number of imidazole rings is 1. The summed E-state index contributed by atoms with van der Waals surface area (Å²) >= 11 is 0. The maximum absolute atomic E-state index is 13.3. The summed E-state index contributed by atoms with van der Waals surface area (Å²) in [5, 5.41) is 6.58. The largest absolute Gasteiger partial charge is 0.490 e. The Labute approximate surface area is 219 Å². The van der Waals surface area contributed by atoms with Gasteiger partial charge in [0.15, 0.2) is 0 Å². The van der Waals surface area contributed by atoms with Gasteiger partial charge in [-0.1, -0.05) is 18.2 Å². The van der Waals surface area contributed by atoms with Crippen molar-refractivity contribution in [1.82, 2.24) is 24.7 Å². The minimum Gasteiger partial charge on any atom is -0.490 e. The van der Waals surface area contributed by atoms with E-state index in [1.54, 1.807) is 0 Å². The lowest BCUT2D eigenvalue weighted by atomic mass is 10.1. The average Bonchev–Trinajstić information content (AvgIpc) is 3.48. The van der Waals surface area contributed by atoms with Crippen molar-refractivity contribution in [2.45, 2.75) is 51.3 Å². The van der Waals surface area contributed by atoms with Crippen molar-refractivity contribution < 1.29 is 9.53 Å². The monoisotopic (exact) mass is 502 g/mol. The minimum atomic E-state index is -0.0540. The highest BCUT2D eigenvalue weighted by molar-refractivity contribution is 5.89. The van der Waals surface area contributed by atoms with Gasteiger partial charge in [-0.2, -0.15) is 0 Å². The smallest absolute Gasteiger partial charge is 0.321 e. The Morgan fingerprint density at radius 3 is 2.70 bits per heavy atom. The number of aromatic nitrogens is 2. The maximum atomic E-state index is 13.3. The van der Waals surface area contributed by atoms with Crippen molar-refractivity contribution in [3.63, 3.8) is 0 Å². The van der Waals surface area contributed by atoms with E-state index in [1.165, 1.54) is 5.56 Å². The Kier molecular flexibility index (Phi) is 8.06. The third-order valence-corrected chi connectivity index (χ3v) is 7.33. The number of benzene rings is 2. The molecule has 3 heterocycles.